The molecule has 1 aliphatic rings. The average Bonchev–Trinajstić information content (AvgIpc) is 3.00. The van der Waals surface area contributed by atoms with Crippen molar-refractivity contribution in [3.63, 3.8) is 0 Å². The Morgan fingerprint density at radius 2 is 1.96 bits per heavy atom. The van der Waals surface area contributed by atoms with E-state index in [9.17, 15) is 4.79 Å². The monoisotopic (exact) mass is 371 g/mol. The maximum Gasteiger partial charge on any atom is 0.226 e. The minimum atomic E-state index is 0.210. The number of hydrogen-bond acceptors (Lipinski definition) is 5. The highest BCUT2D eigenvalue weighted by Crippen LogP contribution is 2.20. The van der Waals surface area contributed by atoms with Crippen LogP contribution >= 0.6 is 0 Å². The highest BCUT2D eigenvalue weighted by molar-refractivity contribution is 5.78. The first-order valence-electron chi connectivity index (χ1n) is 9.62. The third-order valence-corrected chi connectivity index (χ3v) is 5.30. The summed E-state index contributed by atoms with van der Waals surface area (Å²) in [5.74, 6) is 2.46. The minimum Gasteiger partial charge on any atom is -0.489 e. The van der Waals surface area contributed by atoms with E-state index in [1.54, 1.807) is 0 Å². The lowest BCUT2D eigenvalue weighted by Gasteiger charge is -2.32. The maximum absolute atomic E-state index is 12.5. The fraction of sp³-hybridized carbons (Fsp3) is 0.524. The van der Waals surface area contributed by atoms with E-state index in [4.69, 9.17) is 9.26 Å². The molecule has 0 aliphatic carbocycles. The molecule has 0 atom stereocenters. The Kier molecular flexibility index (Phi) is 6.50. The predicted molar refractivity (Wildman–Crippen MR) is 104 cm³/mol. The minimum absolute atomic E-state index is 0.210. The lowest BCUT2D eigenvalue weighted by Crippen LogP contribution is -2.41. The molecule has 1 N–H and O–H groups in total. The third-order valence-electron chi connectivity index (χ3n) is 5.30. The van der Waals surface area contributed by atoms with Gasteiger partial charge >= 0.3 is 0 Å². The van der Waals surface area contributed by atoms with Crippen molar-refractivity contribution < 1.29 is 14.1 Å². The average molecular weight is 371 g/mol. The van der Waals surface area contributed by atoms with Crippen molar-refractivity contribution in [1.82, 2.24) is 15.4 Å². The van der Waals surface area contributed by atoms with Gasteiger partial charge in [-0.3, -0.25) is 4.79 Å². The molecule has 27 heavy (non-hydrogen) atoms. The predicted octanol–water partition coefficient (Wildman–Crippen LogP) is 2.87. The molecule has 0 spiro atoms. The van der Waals surface area contributed by atoms with Crippen LogP contribution < -0.4 is 10.1 Å². The molecule has 0 saturated carbocycles. The van der Waals surface area contributed by atoms with E-state index in [-0.39, 0.29) is 5.91 Å². The first kappa shape index (κ1) is 19.4. The molecule has 1 aromatic heterocycles. The molecule has 2 heterocycles. The zero-order chi connectivity index (χ0) is 19.2. The summed E-state index contributed by atoms with van der Waals surface area (Å²) >= 11 is 0. The molecule has 2 aromatic rings. The van der Waals surface area contributed by atoms with Crippen LogP contribution in [0, 0.1) is 19.8 Å². The summed E-state index contributed by atoms with van der Waals surface area (Å²) in [4.78, 5) is 14.5. The normalized spacial score (nSPS) is 15.1. The number of nitrogens with zero attached hydrogens (tertiary/aromatic N) is 2. The summed E-state index contributed by atoms with van der Waals surface area (Å²) in [5, 5.41) is 7.16. The first-order chi connectivity index (χ1) is 13.1. The zero-order valence-corrected chi connectivity index (χ0v) is 16.5. The smallest absolute Gasteiger partial charge is 0.226 e. The van der Waals surface area contributed by atoms with Crippen LogP contribution in [0.2, 0.25) is 0 Å². The molecule has 1 aliphatic heterocycles. The third kappa shape index (κ3) is 5.10. The van der Waals surface area contributed by atoms with E-state index < -0.39 is 0 Å². The Labute approximate surface area is 160 Å². The Bertz CT molecular complexity index is 727. The molecule has 1 aromatic carbocycles. The largest absolute Gasteiger partial charge is 0.489 e. The molecular weight excluding hydrogens is 342 g/mol. The van der Waals surface area contributed by atoms with Crippen LogP contribution in [0.25, 0.3) is 0 Å². The first-order valence-corrected chi connectivity index (χ1v) is 9.62. The van der Waals surface area contributed by atoms with Gasteiger partial charge in [-0.15, -0.1) is 0 Å². The van der Waals surface area contributed by atoms with Crippen LogP contribution in [0.1, 0.15) is 35.4 Å². The number of hydrogen-bond donors (Lipinski definition) is 1. The number of nitrogens with one attached hydrogen (secondary N) is 1. The fourth-order valence-corrected chi connectivity index (χ4v) is 3.53. The van der Waals surface area contributed by atoms with Crippen molar-refractivity contribution in [1.29, 1.82) is 0 Å². The highest BCUT2D eigenvalue weighted by Gasteiger charge is 2.22. The standard InChI is InChI=1S/C21H29N3O3/c1-15-20(16(2)27-23-15)14-26-19-6-4-17(5-7-19)12-21(25)24-10-8-18(9-11-24)13-22-3/h4-7,18,22H,8-14H2,1-3H3. The lowest BCUT2D eigenvalue weighted by atomic mass is 9.96. The second-order valence-electron chi connectivity index (χ2n) is 7.29. The Morgan fingerprint density at radius 1 is 1.26 bits per heavy atom. The van der Waals surface area contributed by atoms with Crippen LogP contribution in [-0.2, 0) is 17.8 Å². The number of benzene rings is 1. The van der Waals surface area contributed by atoms with E-state index in [2.05, 4.69) is 10.5 Å². The second-order valence-corrected chi connectivity index (χ2v) is 7.29. The molecule has 0 unspecified atom stereocenters. The molecule has 146 valence electrons. The molecule has 0 radical (unpaired) electrons. The van der Waals surface area contributed by atoms with Gasteiger partial charge in [0.15, 0.2) is 0 Å². The Balaban J connectivity index is 1.48. The van der Waals surface area contributed by atoms with Gasteiger partial charge in [0.2, 0.25) is 5.91 Å². The second kappa shape index (κ2) is 9.04. The van der Waals surface area contributed by atoms with E-state index >= 15 is 0 Å². The summed E-state index contributed by atoms with van der Waals surface area (Å²) in [7, 11) is 1.99. The van der Waals surface area contributed by atoms with Crippen LogP contribution in [0.15, 0.2) is 28.8 Å². The van der Waals surface area contributed by atoms with E-state index in [1.807, 2.05) is 50.1 Å². The van der Waals surface area contributed by atoms with Gasteiger partial charge in [-0.25, -0.2) is 0 Å². The van der Waals surface area contributed by atoms with Gasteiger partial charge in [0.05, 0.1) is 17.7 Å². The van der Waals surface area contributed by atoms with E-state index in [0.717, 1.165) is 60.8 Å². The Hall–Kier alpha value is -2.34. The number of ether oxygens (including phenoxy) is 1. The van der Waals surface area contributed by atoms with Gasteiger partial charge in [-0.2, -0.15) is 0 Å². The molecule has 6 heteroatoms. The van der Waals surface area contributed by atoms with Crippen molar-refractivity contribution in [3.8, 4) is 5.75 Å². The molecule has 6 nitrogen and oxygen atoms in total. The summed E-state index contributed by atoms with van der Waals surface area (Å²) < 4.78 is 11.0. The van der Waals surface area contributed by atoms with Gasteiger partial charge in [-0.1, -0.05) is 17.3 Å². The number of rotatable bonds is 7. The number of carbonyl (C=O) groups excluding carboxylic acids is 1. The van der Waals surface area contributed by atoms with Crippen molar-refractivity contribution in [3.05, 3.63) is 46.8 Å². The molecule has 3 rings (SSSR count). The molecular formula is C21H29N3O3. The molecule has 0 bridgehead atoms. The van der Waals surface area contributed by atoms with Gasteiger partial charge in [0.25, 0.3) is 0 Å². The quantitative estimate of drug-likeness (QED) is 0.811. The van der Waals surface area contributed by atoms with Crippen LogP contribution in [0.5, 0.6) is 5.75 Å². The SMILES string of the molecule is CNCC1CCN(C(=O)Cc2ccc(OCc3c(C)noc3C)cc2)CC1. The summed E-state index contributed by atoms with van der Waals surface area (Å²) in [5.41, 5.74) is 2.85. The van der Waals surface area contributed by atoms with E-state index in [0.29, 0.717) is 18.9 Å². The number of amides is 1. The number of carbonyl (C=O) groups is 1. The van der Waals surface area contributed by atoms with E-state index in [1.165, 1.54) is 0 Å². The number of piperidine rings is 1. The van der Waals surface area contributed by atoms with Crippen molar-refractivity contribution in [2.75, 3.05) is 26.7 Å². The Morgan fingerprint density at radius 3 is 2.56 bits per heavy atom. The van der Waals surface area contributed by atoms with Crippen LogP contribution in [-0.4, -0.2) is 42.6 Å². The lowest BCUT2D eigenvalue weighted by molar-refractivity contribution is -0.131. The summed E-state index contributed by atoms with van der Waals surface area (Å²) in [6.07, 6.45) is 2.61. The van der Waals surface area contributed by atoms with Crippen molar-refractivity contribution in [2.24, 2.45) is 5.92 Å². The van der Waals surface area contributed by atoms with Crippen molar-refractivity contribution >= 4 is 5.91 Å². The van der Waals surface area contributed by atoms with Gasteiger partial charge < -0.3 is 19.5 Å². The number of aryl methyl sites for hydroxylation is 2. The molecule has 1 amide bonds. The summed E-state index contributed by atoms with van der Waals surface area (Å²) in [6.45, 7) is 6.99. The van der Waals surface area contributed by atoms with Gasteiger partial charge in [0, 0.05) is 13.1 Å². The van der Waals surface area contributed by atoms with Crippen molar-refractivity contribution in [2.45, 2.75) is 39.7 Å². The summed E-state index contributed by atoms with van der Waals surface area (Å²) in [6, 6.07) is 7.77. The van der Waals surface area contributed by atoms with Crippen LogP contribution in [0.4, 0.5) is 0 Å². The highest BCUT2D eigenvalue weighted by atomic mass is 16.5. The van der Waals surface area contributed by atoms with Gasteiger partial charge in [0.1, 0.15) is 18.1 Å². The zero-order valence-electron chi connectivity index (χ0n) is 16.5. The topological polar surface area (TPSA) is 67.6 Å². The number of aromatic nitrogens is 1. The molecule has 1 fully saturated rings. The fourth-order valence-electron chi connectivity index (χ4n) is 3.53. The maximum atomic E-state index is 12.5. The van der Waals surface area contributed by atoms with Gasteiger partial charge in [-0.05, 0) is 63.9 Å². The molecule has 1 saturated heterocycles. The van der Waals surface area contributed by atoms with Crippen LogP contribution in [0.3, 0.4) is 0 Å². The number of likely N-dealkylation sites (tertiary alicyclic amines) is 1.